The van der Waals surface area contributed by atoms with E-state index in [1.165, 1.54) is 0 Å². The molecule has 2 atom stereocenters. The van der Waals surface area contributed by atoms with E-state index in [0.717, 1.165) is 36.1 Å². The molecule has 2 rings (SSSR count). The Balaban J connectivity index is 2.09. The Bertz CT molecular complexity index is 491. The number of benzene rings is 1. The highest BCUT2D eigenvalue weighted by Gasteiger charge is 2.22. The first kappa shape index (κ1) is 13.8. The zero-order valence-corrected chi connectivity index (χ0v) is 11.5. The maximum Gasteiger partial charge on any atom is 0.163 e. The molecule has 0 radical (unpaired) electrons. The summed E-state index contributed by atoms with van der Waals surface area (Å²) in [5, 5.41) is 12.7. The first-order chi connectivity index (χ1) is 9.08. The van der Waals surface area contributed by atoms with Crippen LogP contribution in [0.1, 0.15) is 44.8 Å². The fraction of sp³-hybridized carbons (Fsp3) is 0.438. The molecule has 1 saturated carbocycles. The van der Waals surface area contributed by atoms with Crippen LogP contribution in [0.5, 0.6) is 0 Å². The van der Waals surface area contributed by atoms with Gasteiger partial charge in [0.25, 0.3) is 0 Å². The van der Waals surface area contributed by atoms with Gasteiger partial charge >= 0.3 is 0 Å². The van der Waals surface area contributed by atoms with Crippen molar-refractivity contribution in [2.45, 2.75) is 39.2 Å². The number of nitrogens with one attached hydrogen (secondary N) is 1. The molecular weight excluding hydrogens is 238 g/mol. The number of hydrogen-bond acceptors (Lipinski definition) is 3. The fourth-order valence-corrected chi connectivity index (χ4v) is 2.37. The van der Waals surface area contributed by atoms with Gasteiger partial charge in [0.2, 0.25) is 0 Å². The Kier molecular flexibility index (Phi) is 4.38. The largest absolute Gasteiger partial charge is 0.389 e. The van der Waals surface area contributed by atoms with Crippen LogP contribution in [-0.2, 0) is 4.79 Å². The first-order valence-corrected chi connectivity index (χ1v) is 6.85. The van der Waals surface area contributed by atoms with Crippen molar-refractivity contribution in [1.29, 1.82) is 0 Å². The molecule has 0 amide bonds. The number of hydrogen-bond donors (Lipinski definition) is 2. The second-order valence-electron chi connectivity index (χ2n) is 5.27. The summed E-state index contributed by atoms with van der Waals surface area (Å²) in [7, 11) is 0. The van der Waals surface area contributed by atoms with Gasteiger partial charge < -0.3 is 10.4 Å². The summed E-state index contributed by atoms with van der Waals surface area (Å²) in [4.78, 5) is 12.0. The van der Waals surface area contributed by atoms with Crippen LogP contribution in [-0.4, -0.2) is 10.9 Å². The fourth-order valence-electron chi connectivity index (χ4n) is 2.37. The third kappa shape index (κ3) is 3.44. The van der Waals surface area contributed by atoms with Gasteiger partial charge in [0, 0.05) is 23.4 Å². The van der Waals surface area contributed by atoms with E-state index in [1.807, 2.05) is 37.4 Å². The molecule has 0 spiro atoms. The minimum absolute atomic E-state index is 0.144. The molecule has 1 aromatic rings. The van der Waals surface area contributed by atoms with Crippen molar-refractivity contribution in [1.82, 2.24) is 0 Å². The van der Waals surface area contributed by atoms with Gasteiger partial charge in [-0.05, 0) is 43.9 Å². The maximum atomic E-state index is 12.0. The summed E-state index contributed by atoms with van der Waals surface area (Å²) in [6, 6.07) is 7.61. The van der Waals surface area contributed by atoms with Gasteiger partial charge in [0.05, 0.1) is 6.10 Å². The second-order valence-corrected chi connectivity index (χ2v) is 5.27. The normalized spacial score (nSPS) is 23.4. The van der Waals surface area contributed by atoms with Crippen LogP contribution in [0.2, 0.25) is 0 Å². The van der Waals surface area contributed by atoms with E-state index in [1.54, 1.807) is 6.92 Å². The second kappa shape index (κ2) is 6.02. The van der Waals surface area contributed by atoms with E-state index in [-0.39, 0.29) is 11.7 Å². The number of carbonyl (C=O) groups is 1. The summed E-state index contributed by atoms with van der Waals surface area (Å²) in [6.45, 7) is 3.73. The topological polar surface area (TPSA) is 49.3 Å². The van der Waals surface area contributed by atoms with E-state index in [0.29, 0.717) is 0 Å². The number of aliphatic hydroxyl groups is 1. The third-order valence-electron chi connectivity index (χ3n) is 3.63. The minimum atomic E-state index is -0.481. The molecule has 2 N–H and O–H groups in total. The van der Waals surface area contributed by atoms with Crippen LogP contribution in [0.15, 0.2) is 36.0 Å². The molecule has 0 aromatic heterocycles. The molecule has 0 saturated heterocycles. The lowest BCUT2D eigenvalue weighted by Gasteiger charge is -2.19. The summed E-state index contributed by atoms with van der Waals surface area (Å²) < 4.78 is 0. The molecule has 0 bridgehead atoms. The number of anilines is 1. The summed E-state index contributed by atoms with van der Waals surface area (Å²) in [5.41, 5.74) is 2.64. The molecule has 1 aromatic carbocycles. The van der Waals surface area contributed by atoms with Gasteiger partial charge in [0.1, 0.15) is 0 Å². The molecule has 3 nitrogen and oxygen atoms in total. The minimum Gasteiger partial charge on any atom is -0.389 e. The smallest absolute Gasteiger partial charge is 0.163 e. The number of ketones is 1. The van der Waals surface area contributed by atoms with Gasteiger partial charge in [-0.1, -0.05) is 19.1 Å². The average Bonchev–Trinajstić information content (AvgIpc) is 2.41. The predicted molar refractivity (Wildman–Crippen MR) is 76.8 cm³/mol. The molecule has 0 unspecified atom stereocenters. The summed E-state index contributed by atoms with van der Waals surface area (Å²) in [6.07, 6.45) is 4.26. The highest BCUT2D eigenvalue weighted by Crippen LogP contribution is 2.25. The van der Waals surface area contributed by atoms with Crippen molar-refractivity contribution in [2.75, 3.05) is 5.32 Å². The van der Waals surface area contributed by atoms with Gasteiger partial charge in [0.15, 0.2) is 5.78 Å². The molecule has 3 heteroatoms. The van der Waals surface area contributed by atoms with Gasteiger partial charge in [-0.15, -0.1) is 0 Å². The van der Waals surface area contributed by atoms with Crippen molar-refractivity contribution < 1.29 is 9.90 Å². The molecular formula is C16H21NO2. The van der Waals surface area contributed by atoms with Gasteiger partial charge in [-0.2, -0.15) is 0 Å². The Labute approximate surface area is 114 Å². The van der Waals surface area contributed by atoms with Crippen molar-refractivity contribution in [3.8, 4) is 0 Å². The molecule has 102 valence electrons. The predicted octanol–water partition coefficient (Wildman–Crippen LogP) is 3.42. The Morgan fingerprint density at radius 3 is 3.00 bits per heavy atom. The number of Topliss-reactive ketones (excluding diaryl/α,β-unsaturated/α-hetero) is 1. The third-order valence-corrected chi connectivity index (χ3v) is 3.63. The lowest BCUT2D eigenvalue weighted by molar-refractivity contribution is -0.119. The lowest BCUT2D eigenvalue weighted by atomic mass is 9.86. The lowest BCUT2D eigenvalue weighted by Crippen LogP contribution is -2.19. The van der Waals surface area contributed by atoms with E-state index in [9.17, 15) is 9.90 Å². The zero-order valence-electron chi connectivity index (χ0n) is 11.5. The summed E-state index contributed by atoms with van der Waals surface area (Å²) in [5.74, 6) is 0.399. The Morgan fingerprint density at radius 1 is 1.47 bits per heavy atom. The highest BCUT2D eigenvalue weighted by molar-refractivity contribution is 5.97. The Hall–Kier alpha value is -1.61. The van der Waals surface area contributed by atoms with Crippen molar-refractivity contribution in [3.05, 3.63) is 41.6 Å². The molecule has 19 heavy (non-hydrogen) atoms. The monoisotopic (exact) mass is 259 g/mol. The van der Waals surface area contributed by atoms with Crippen LogP contribution in [0.3, 0.4) is 0 Å². The highest BCUT2D eigenvalue weighted by atomic mass is 16.3. The molecule has 1 aliphatic rings. The van der Waals surface area contributed by atoms with Crippen LogP contribution >= 0.6 is 0 Å². The number of allylic oxidation sites excluding steroid dienone is 1. The SMILES string of the molecule is C[C@@H]1CCC/C(=C/Nc2cccc([C@@H](C)O)c2)C1=O. The van der Waals surface area contributed by atoms with E-state index < -0.39 is 6.10 Å². The van der Waals surface area contributed by atoms with E-state index in [4.69, 9.17) is 0 Å². The van der Waals surface area contributed by atoms with Crippen molar-refractivity contribution in [3.63, 3.8) is 0 Å². The number of carbonyl (C=O) groups excluding carboxylic acids is 1. The molecule has 1 fully saturated rings. The Morgan fingerprint density at radius 2 is 2.26 bits per heavy atom. The molecule has 0 heterocycles. The van der Waals surface area contributed by atoms with E-state index in [2.05, 4.69) is 5.32 Å². The number of aliphatic hydroxyl groups excluding tert-OH is 1. The van der Waals surface area contributed by atoms with Crippen molar-refractivity contribution in [2.24, 2.45) is 5.92 Å². The molecule has 1 aliphatic carbocycles. The quantitative estimate of drug-likeness (QED) is 0.818. The van der Waals surface area contributed by atoms with Crippen LogP contribution in [0.4, 0.5) is 5.69 Å². The van der Waals surface area contributed by atoms with Gasteiger partial charge in [-0.3, -0.25) is 4.79 Å². The first-order valence-electron chi connectivity index (χ1n) is 6.85. The van der Waals surface area contributed by atoms with Crippen LogP contribution in [0, 0.1) is 5.92 Å². The van der Waals surface area contributed by atoms with Crippen molar-refractivity contribution >= 4 is 11.5 Å². The van der Waals surface area contributed by atoms with Crippen LogP contribution < -0.4 is 5.32 Å². The molecule has 0 aliphatic heterocycles. The van der Waals surface area contributed by atoms with Crippen LogP contribution in [0.25, 0.3) is 0 Å². The zero-order chi connectivity index (χ0) is 13.8. The maximum absolute atomic E-state index is 12.0. The number of rotatable bonds is 3. The summed E-state index contributed by atoms with van der Waals surface area (Å²) >= 11 is 0. The van der Waals surface area contributed by atoms with Gasteiger partial charge in [-0.25, -0.2) is 0 Å². The average molecular weight is 259 g/mol. The van der Waals surface area contributed by atoms with E-state index >= 15 is 0 Å². The standard InChI is InChI=1S/C16H21NO2/c1-11-5-3-7-14(16(11)19)10-17-15-8-4-6-13(9-15)12(2)18/h4,6,8-12,17-18H,3,5,7H2,1-2H3/b14-10-/t11-,12-/m1/s1.